The normalized spacial score (nSPS) is 12.4. The molecule has 0 bridgehead atoms. The van der Waals surface area contributed by atoms with Crippen LogP contribution in [0.15, 0.2) is 28.7 Å². The minimum Gasteiger partial charge on any atom is -0.496 e. The van der Waals surface area contributed by atoms with Gasteiger partial charge in [-0.25, -0.2) is 0 Å². The average Bonchev–Trinajstić information content (AvgIpc) is 2.36. The van der Waals surface area contributed by atoms with Gasteiger partial charge in [0.2, 0.25) is 5.91 Å². The van der Waals surface area contributed by atoms with Crippen LogP contribution in [0.2, 0.25) is 0 Å². The number of aliphatic hydroxyl groups is 1. The molecule has 1 atom stereocenters. The Bertz CT molecular complexity index is 446. The molecule has 1 amide bonds. The standard InChI is InChI=1S/C13H16BrNO3/c1-9(8-16)15-13(17)6-3-10-7-11(14)4-5-12(10)18-2/h3-7,9,16H,8H2,1-2H3,(H,15,17)/b6-3+/t9-/m0/s1. The fourth-order valence-electron chi connectivity index (χ4n) is 1.34. The Morgan fingerprint density at radius 1 is 1.61 bits per heavy atom. The van der Waals surface area contributed by atoms with Crippen molar-refractivity contribution in [3.05, 3.63) is 34.3 Å². The molecule has 0 fully saturated rings. The summed E-state index contributed by atoms with van der Waals surface area (Å²) in [4.78, 5) is 11.5. The zero-order valence-corrected chi connectivity index (χ0v) is 11.9. The van der Waals surface area contributed by atoms with Crippen molar-refractivity contribution in [2.75, 3.05) is 13.7 Å². The maximum Gasteiger partial charge on any atom is 0.244 e. The molecule has 1 rings (SSSR count). The first-order chi connectivity index (χ1) is 8.56. The Labute approximate surface area is 115 Å². The molecule has 1 aromatic carbocycles. The van der Waals surface area contributed by atoms with Crippen molar-refractivity contribution >= 4 is 27.9 Å². The van der Waals surface area contributed by atoms with Crippen molar-refractivity contribution in [3.63, 3.8) is 0 Å². The number of carbonyl (C=O) groups is 1. The number of methoxy groups -OCH3 is 1. The lowest BCUT2D eigenvalue weighted by molar-refractivity contribution is -0.117. The summed E-state index contributed by atoms with van der Waals surface area (Å²) in [7, 11) is 1.58. The molecule has 18 heavy (non-hydrogen) atoms. The van der Waals surface area contributed by atoms with Gasteiger partial charge < -0.3 is 15.2 Å². The molecule has 4 nitrogen and oxygen atoms in total. The average molecular weight is 314 g/mol. The van der Waals surface area contributed by atoms with Crippen LogP contribution < -0.4 is 10.1 Å². The van der Waals surface area contributed by atoms with E-state index in [0.29, 0.717) is 5.75 Å². The number of ether oxygens (including phenoxy) is 1. The summed E-state index contributed by atoms with van der Waals surface area (Å²) >= 11 is 3.36. The van der Waals surface area contributed by atoms with E-state index in [0.717, 1.165) is 10.0 Å². The van der Waals surface area contributed by atoms with Crippen molar-refractivity contribution < 1.29 is 14.6 Å². The zero-order chi connectivity index (χ0) is 13.5. The third-order valence-corrected chi connectivity index (χ3v) is 2.76. The van der Waals surface area contributed by atoms with Gasteiger partial charge in [-0.2, -0.15) is 0 Å². The summed E-state index contributed by atoms with van der Waals surface area (Å²) in [6.45, 7) is 1.64. The molecule has 0 saturated heterocycles. The van der Waals surface area contributed by atoms with Gasteiger partial charge in [0.05, 0.1) is 13.7 Å². The minimum absolute atomic E-state index is 0.0835. The quantitative estimate of drug-likeness (QED) is 0.817. The largest absolute Gasteiger partial charge is 0.496 e. The van der Waals surface area contributed by atoms with E-state index in [2.05, 4.69) is 21.2 Å². The second-order valence-electron chi connectivity index (χ2n) is 3.81. The number of hydrogen-bond acceptors (Lipinski definition) is 3. The van der Waals surface area contributed by atoms with E-state index in [9.17, 15) is 4.79 Å². The molecule has 0 aliphatic carbocycles. The summed E-state index contributed by atoms with van der Waals surface area (Å²) in [6.07, 6.45) is 3.08. The topological polar surface area (TPSA) is 58.6 Å². The van der Waals surface area contributed by atoms with Crippen molar-refractivity contribution in [3.8, 4) is 5.75 Å². The lowest BCUT2D eigenvalue weighted by atomic mass is 10.2. The number of benzene rings is 1. The molecule has 0 aliphatic rings. The Morgan fingerprint density at radius 2 is 2.33 bits per heavy atom. The summed E-state index contributed by atoms with van der Waals surface area (Å²) in [6, 6.07) is 5.28. The maximum atomic E-state index is 11.5. The summed E-state index contributed by atoms with van der Waals surface area (Å²) < 4.78 is 6.10. The highest BCUT2D eigenvalue weighted by Gasteiger charge is 2.04. The lowest BCUT2D eigenvalue weighted by Crippen LogP contribution is -2.33. The van der Waals surface area contributed by atoms with Gasteiger partial charge in [0.1, 0.15) is 5.75 Å². The molecule has 0 saturated carbocycles. The van der Waals surface area contributed by atoms with Gasteiger partial charge in [0.25, 0.3) is 0 Å². The van der Waals surface area contributed by atoms with E-state index in [1.807, 2.05) is 18.2 Å². The number of aliphatic hydroxyl groups excluding tert-OH is 1. The van der Waals surface area contributed by atoms with Crippen LogP contribution in [-0.4, -0.2) is 30.8 Å². The van der Waals surface area contributed by atoms with Crippen molar-refractivity contribution in [1.82, 2.24) is 5.32 Å². The molecule has 0 heterocycles. The summed E-state index contributed by atoms with van der Waals surface area (Å²) in [5, 5.41) is 11.4. The van der Waals surface area contributed by atoms with E-state index >= 15 is 0 Å². The maximum absolute atomic E-state index is 11.5. The smallest absolute Gasteiger partial charge is 0.244 e. The zero-order valence-electron chi connectivity index (χ0n) is 10.3. The van der Waals surface area contributed by atoms with Gasteiger partial charge in [0, 0.05) is 22.2 Å². The van der Waals surface area contributed by atoms with E-state index in [4.69, 9.17) is 9.84 Å². The highest BCUT2D eigenvalue weighted by atomic mass is 79.9. The number of halogens is 1. The fraction of sp³-hybridized carbons (Fsp3) is 0.308. The van der Waals surface area contributed by atoms with Crippen LogP contribution in [0.3, 0.4) is 0 Å². The summed E-state index contributed by atoms with van der Waals surface area (Å²) in [5.74, 6) is 0.441. The van der Waals surface area contributed by atoms with Crippen molar-refractivity contribution in [2.45, 2.75) is 13.0 Å². The van der Waals surface area contributed by atoms with Crippen LogP contribution in [0, 0.1) is 0 Å². The minimum atomic E-state index is -0.258. The van der Waals surface area contributed by atoms with E-state index in [-0.39, 0.29) is 18.6 Å². The van der Waals surface area contributed by atoms with Gasteiger partial charge in [-0.1, -0.05) is 15.9 Å². The number of amides is 1. The van der Waals surface area contributed by atoms with E-state index in [1.54, 1.807) is 20.1 Å². The third-order valence-electron chi connectivity index (χ3n) is 2.27. The Balaban J connectivity index is 2.77. The monoisotopic (exact) mass is 313 g/mol. The Morgan fingerprint density at radius 3 is 2.94 bits per heavy atom. The molecular weight excluding hydrogens is 298 g/mol. The third kappa shape index (κ3) is 4.50. The number of carbonyl (C=O) groups excluding carboxylic acids is 1. The second-order valence-corrected chi connectivity index (χ2v) is 4.73. The number of hydrogen-bond donors (Lipinski definition) is 2. The van der Waals surface area contributed by atoms with Crippen LogP contribution in [0.4, 0.5) is 0 Å². The highest BCUT2D eigenvalue weighted by Crippen LogP contribution is 2.23. The second kappa shape index (κ2) is 7.18. The molecule has 1 aromatic rings. The summed E-state index contributed by atoms with van der Waals surface area (Å²) in [5.41, 5.74) is 0.804. The first-order valence-electron chi connectivity index (χ1n) is 5.49. The van der Waals surface area contributed by atoms with Gasteiger partial charge in [-0.05, 0) is 31.2 Å². The SMILES string of the molecule is COc1ccc(Br)cc1/C=C/C(=O)N[C@@H](C)CO. The molecule has 0 aromatic heterocycles. The molecule has 0 radical (unpaired) electrons. The van der Waals surface area contributed by atoms with Crippen LogP contribution in [0.1, 0.15) is 12.5 Å². The lowest BCUT2D eigenvalue weighted by Gasteiger charge is -2.08. The number of rotatable bonds is 5. The Kier molecular flexibility index (Phi) is 5.88. The predicted molar refractivity (Wildman–Crippen MR) is 74.4 cm³/mol. The molecule has 0 aliphatic heterocycles. The van der Waals surface area contributed by atoms with Gasteiger partial charge in [-0.3, -0.25) is 4.79 Å². The van der Waals surface area contributed by atoms with Gasteiger partial charge >= 0.3 is 0 Å². The predicted octanol–water partition coefficient (Wildman–Crippen LogP) is 1.97. The van der Waals surface area contributed by atoms with E-state index < -0.39 is 0 Å². The Hall–Kier alpha value is -1.33. The van der Waals surface area contributed by atoms with Gasteiger partial charge in [0.15, 0.2) is 0 Å². The molecular formula is C13H16BrNO3. The fourth-order valence-corrected chi connectivity index (χ4v) is 1.72. The molecule has 5 heteroatoms. The molecule has 2 N–H and O–H groups in total. The van der Waals surface area contributed by atoms with Crippen LogP contribution in [0.5, 0.6) is 5.75 Å². The van der Waals surface area contributed by atoms with Crippen LogP contribution >= 0.6 is 15.9 Å². The molecule has 0 spiro atoms. The van der Waals surface area contributed by atoms with Crippen molar-refractivity contribution in [2.24, 2.45) is 0 Å². The number of nitrogens with one attached hydrogen (secondary N) is 1. The van der Waals surface area contributed by atoms with Gasteiger partial charge in [-0.15, -0.1) is 0 Å². The van der Waals surface area contributed by atoms with Crippen LogP contribution in [-0.2, 0) is 4.79 Å². The van der Waals surface area contributed by atoms with Crippen molar-refractivity contribution in [1.29, 1.82) is 0 Å². The van der Waals surface area contributed by atoms with E-state index in [1.165, 1.54) is 6.08 Å². The first kappa shape index (κ1) is 14.7. The van der Waals surface area contributed by atoms with Crippen LogP contribution in [0.25, 0.3) is 6.08 Å². The molecule has 98 valence electrons. The highest BCUT2D eigenvalue weighted by molar-refractivity contribution is 9.10. The molecule has 0 unspecified atom stereocenters. The first-order valence-corrected chi connectivity index (χ1v) is 6.29.